The molecule has 1 aromatic rings. The van der Waals surface area contributed by atoms with Gasteiger partial charge in [0.15, 0.2) is 0 Å². The smallest absolute Gasteiger partial charge is 0.253 e. The Bertz CT molecular complexity index is 554. The average molecular weight is 318 g/mol. The van der Waals surface area contributed by atoms with Gasteiger partial charge >= 0.3 is 0 Å². The van der Waals surface area contributed by atoms with Crippen LogP contribution in [0.4, 0.5) is 0 Å². The van der Waals surface area contributed by atoms with Crippen LogP contribution in [0.25, 0.3) is 0 Å². The van der Waals surface area contributed by atoms with Crippen molar-refractivity contribution >= 4 is 17.7 Å². The zero-order valence-corrected chi connectivity index (χ0v) is 13.0. The maximum Gasteiger partial charge on any atom is 0.253 e. The van der Waals surface area contributed by atoms with E-state index in [0.29, 0.717) is 44.6 Å². The van der Waals surface area contributed by atoms with Crippen LogP contribution in [0.2, 0.25) is 0 Å². The molecule has 0 saturated carbocycles. The van der Waals surface area contributed by atoms with E-state index < -0.39 is 0 Å². The lowest BCUT2D eigenvalue weighted by atomic mass is 10.1. The predicted octanol–water partition coefficient (Wildman–Crippen LogP) is 0.131. The van der Waals surface area contributed by atoms with Gasteiger partial charge in [0.1, 0.15) is 0 Å². The summed E-state index contributed by atoms with van der Waals surface area (Å²) < 4.78 is 0. The molecule has 7 nitrogen and oxygen atoms in total. The molecule has 1 aromatic carbocycles. The largest absolute Gasteiger partial charge is 0.339 e. The lowest BCUT2D eigenvalue weighted by molar-refractivity contribution is -0.132. The summed E-state index contributed by atoms with van der Waals surface area (Å²) in [7, 11) is 0. The van der Waals surface area contributed by atoms with Gasteiger partial charge in [0.2, 0.25) is 11.8 Å². The van der Waals surface area contributed by atoms with Gasteiger partial charge < -0.3 is 9.80 Å². The molecule has 0 spiro atoms. The summed E-state index contributed by atoms with van der Waals surface area (Å²) in [5.41, 5.74) is 2.71. The highest BCUT2D eigenvalue weighted by molar-refractivity contribution is 5.94. The maximum atomic E-state index is 12.3. The third-order valence-electron chi connectivity index (χ3n) is 3.90. The number of amides is 3. The Morgan fingerprint density at radius 2 is 1.57 bits per heavy atom. The van der Waals surface area contributed by atoms with Gasteiger partial charge in [0.05, 0.1) is 0 Å². The summed E-state index contributed by atoms with van der Waals surface area (Å²) in [6.45, 7) is 2.12. The van der Waals surface area contributed by atoms with Crippen LogP contribution in [-0.4, -0.2) is 53.7 Å². The number of carbonyl (C=O) groups excluding carboxylic acids is 3. The summed E-state index contributed by atoms with van der Waals surface area (Å²) in [5, 5.41) is 0. The Balaban J connectivity index is 1.76. The number of benzene rings is 1. The van der Waals surface area contributed by atoms with E-state index in [1.165, 1.54) is 0 Å². The Kier molecular flexibility index (Phi) is 6.10. The molecule has 0 radical (unpaired) electrons. The second kappa shape index (κ2) is 8.28. The Morgan fingerprint density at radius 1 is 0.957 bits per heavy atom. The first kappa shape index (κ1) is 17.0. The molecular formula is C16H22N4O3. The summed E-state index contributed by atoms with van der Waals surface area (Å²) in [5.74, 6) is 4.74. The highest BCUT2D eigenvalue weighted by Gasteiger charge is 2.24. The Labute approximate surface area is 135 Å². The van der Waals surface area contributed by atoms with Gasteiger partial charge in [0.25, 0.3) is 5.91 Å². The first-order valence-electron chi connectivity index (χ1n) is 7.73. The number of nitrogens with zero attached hydrogens (tertiary/aromatic N) is 2. The van der Waals surface area contributed by atoms with Crippen molar-refractivity contribution in [1.82, 2.24) is 15.2 Å². The first-order valence-corrected chi connectivity index (χ1v) is 7.73. The van der Waals surface area contributed by atoms with Crippen LogP contribution in [0.1, 0.15) is 29.6 Å². The fourth-order valence-electron chi connectivity index (χ4n) is 2.55. The van der Waals surface area contributed by atoms with E-state index in [-0.39, 0.29) is 24.1 Å². The molecule has 0 bridgehead atoms. The van der Waals surface area contributed by atoms with Gasteiger partial charge in [-0.1, -0.05) is 18.2 Å². The van der Waals surface area contributed by atoms with Gasteiger partial charge in [-0.3, -0.25) is 19.8 Å². The minimum Gasteiger partial charge on any atom is -0.339 e. The molecule has 1 heterocycles. The maximum absolute atomic E-state index is 12.3. The summed E-state index contributed by atoms with van der Waals surface area (Å²) >= 11 is 0. The molecule has 23 heavy (non-hydrogen) atoms. The van der Waals surface area contributed by atoms with Crippen molar-refractivity contribution in [3.8, 4) is 0 Å². The van der Waals surface area contributed by atoms with E-state index in [0.717, 1.165) is 0 Å². The molecule has 0 atom stereocenters. The number of hydrogen-bond donors (Lipinski definition) is 2. The highest BCUT2D eigenvalue weighted by atomic mass is 16.2. The predicted molar refractivity (Wildman–Crippen MR) is 85.1 cm³/mol. The second-order valence-corrected chi connectivity index (χ2v) is 5.46. The standard InChI is InChI=1S/C16H22N4O3/c17-18-14(21)7-4-8-15(22)19-9-11-20(12-10-19)16(23)13-5-2-1-3-6-13/h1-3,5-6H,4,7-12,17H2,(H,18,21). The van der Waals surface area contributed by atoms with E-state index in [2.05, 4.69) is 0 Å². The van der Waals surface area contributed by atoms with E-state index in [1.807, 2.05) is 23.6 Å². The third-order valence-corrected chi connectivity index (χ3v) is 3.90. The quantitative estimate of drug-likeness (QED) is 0.458. The lowest BCUT2D eigenvalue weighted by Gasteiger charge is -2.35. The van der Waals surface area contributed by atoms with Crippen molar-refractivity contribution in [2.45, 2.75) is 19.3 Å². The monoisotopic (exact) mass is 318 g/mol. The number of nitrogens with one attached hydrogen (secondary N) is 1. The third kappa shape index (κ3) is 4.79. The second-order valence-electron chi connectivity index (χ2n) is 5.46. The van der Waals surface area contributed by atoms with Gasteiger partial charge in [-0.05, 0) is 18.6 Å². The van der Waals surface area contributed by atoms with Gasteiger partial charge in [-0.25, -0.2) is 5.84 Å². The minimum atomic E-state index is -0.268. The summed E-state index contributed by atoms with van der Waals surface area (Å²) in [6, 6.07) is 9.14. The molecule has 124 valence electrons. The van der Waals surface area contributed by atoms with Crippen molar-refractivity contribution in [2.75, 3.05) is 26.2 Å². The molecule has 7 heteroatoms. The van der Waals surface area contributed by atoms with Crippen molar-refractivity contribution < 1.29 is 14.4 Å². The molecule has 1 saturated heterocycles. The first-order chi connectivity index (χ1) is 11.1. The van der Waals surface area contributed by atoms with Crippen LogP contribution in [0.15, 0.2) is 30.3 Å². The molecule has 1 aliphatic heterocycles. The van der Waals surface area contributed by atoms with Crippen molar-refractivity contribution in [2.24, 2.45) is 5.84 Å². The van der Waals surface area contributed by atoms with Crippen LogP contribution in [0.3, 0.4) is 0 Å². The number of carbonyl (C=O) groups is 3. The zero-order chi connectivity index (χ0) is 16.7. The number of hydrazine groups is 1. The molecule has 2 rings (SSSR count). The average Bonchev–Trinajstić information content (AvgIpc) is 2.61. The van der Waals surface area contributed by atoms with Crippen LogP contribution >= 0.6 is 0 Å². The molecule has 1 fully saturated rings. The van der Waals surface area contributed by atoms with E-state index >= 15 is 0 Å². The summed E-state index contributed by atoms with van der Waals surface area (Å²) in [4.78, 5) is 38.9. The van der Waals surface area contributed by atoms with E-state index in [1.54, 1.807) is 21.9 Å². The molecular weight excluding hydrogens is 296 g/mol. The van der Waals surface area contributed by atoms with Crippen LogP contribution in [-0.2, 0) is 9.59 Å². The van der Waals surface area contributed by atoms with E-state index in [4.69, 9.17) is 5.84 Å². The number of rotatable bonds is 5. The molecule has 0 aromatic heterocycles. The van der Waals surface area contributed by atoms with Gasteiger partial charge in [-0.15, -0.1) is 0 Å². The topological polar surface area (TPSA) is 95.7 Å². The lowest BCUT2D eigenvalue weighted by Crippen LogP contribution is -2.50. The minimum absolute atomic E-state index is 0.00249. The highest BCUT2D eigenvalue weighted by Crippen LogP contribution is 2.10. The van der Waals surface area contributed by atoms with Crippen LogP contribution in [0, 0.1) is 0 Å². The fourth-order valence-corrected chi connectivity index (χ4v) is 2.55. The number of hydrogen-bond acceptors (Lipinski definition) is 4. The Morgan fingerprint density at radius 3 is 2.17 bits per heavy atom. The van der Waals surface area contributed by atoms with Crippen molar-refractivity contribution in [3.63, 3.8) is 0 Å². The van der Waals surface area contributed by atoms with Gasteiger partial charge in [0, 0.05) is 44.6 Å². The number of piperazine rings is 1. The molecule has 3 amide bonds. The van der Waals surface area contributed by atoms with Crippen molar-refractivity contribution in [3.05, 3.63) is 35.9 Å². The van der Waals surface area contributed by atoms with Gasteiger partial charge in [-0.2, -0.15) is 0 Å². The summed E-state index contributed by atoms with van der Waals surface area (Å²) in [6.07, 6.45) is 1.04. The Hall–Kier alpha value is -2.41. The SMILES string of the molecule is NNC(=O)CCCC(=O)N1CCN(C(=O)c2ccccc2)CC1. The van der Waals surface area contributed by atoms with Crippen molar-refractivity contribution in [1.29, 1.82) is 0 Å². The molecule has 0 aliphatic carbocycles. The molecule has 0 unspecified atom stereocenters. The van der Waals surface area contributed by atoms with Crippen LogP contribution < -0.4 is 11.3 Å². The molecule has 1 aliphatic rings. The normalized spacial score (nSPS) is 14.5. The zero-order valence-electron chi connectivity index (χ0n) is 13.0. The van der Waals surface area contributed by atoms with Crippen LogP contribution in [0.5, 0.6) is 0 Å². The number of nitrogens with two attached hydrogens (primary N) is 1. The molecule has 3 N–H and O–H groups in total. The fraction of sp³-hybridized carbons (Fsp3) is 0.438. The van der Waals surface area contributed by atoms with E-state index in [9.17, 15) is 14.4 Å².